The van der Waals surface area contributed by atoms with Crippen molar-refractivity contribution in [1.29, 1.82) is 0 Å². The van der Waals surface area contributed by atoms with Crippen LogP contribution in [0.1, 0.15) is 5.56 Å². The maximum absolute atomic E-state index is 2.30. The lowest BCUT2D eigenvalue weighted by Gasteiger charge is -2.08. The Morgan fingerprint density at radius 2 is 1.23 bits per heavy atom. The minimum atomic E-state index is -0.456. The molecule has 0 aliphatic rings. The lowest BCUT2D eigenvalue weighted by Crippen LogP contribution is -1.76. The number of rotatable bonds is 2. The van der Waals surface area contributed by atoms with Gasteiger partial charge in [0.15, 0.2) is 0 Å². The van der Waals surface area contributed by atoms with E-state index in [4.69, 9.17) is 0 Å². The second kappa shape index (κ2) is 5.48. The predicted octanol–water partition coefficient (Wildman–Crippen LogP) is 6.79. The van der Waals surface area contributed by atoms with Gasteiger partial charge in [0, 0.05) is 10.4 Å². The van der Waals surface area contributed by atoms with Crippen LogP contribution in [0.25, 0.3) is 26.7 Å². The monoisotopic (exact) mass is 300 g/mol. The Morgan fingerprint density at radius 1 is 0.636 bits per heavy atom. The molecule has 1 heteroatoms. The molecule has 0 fully saturated rings. The molecule has 0 bridgehead atoms. The lowest BCUT2D eigenvalue weighted by molar-refractivity contribution is 1.57. The molecule has 3 aromatic carbocycles. The van der Waals surface area contributed by atoms with Crippen molar-refractivity contribution >= 4 is 18.0 Å². The summed E-state index contributed by atoms with van der Waals surface area (Å²) in [6.45, 7) is 2.27. The molecule has 0 amide bonds. The van der Waals surface area contributed by atoms with Gasteiger partial charge in [0.2, 0.25) is 0 Å². The van der Waals surface area contributed by atoms with Crippen LogP contribution in [0.2, 0.25) is 0 Å². The molecular weight excluding hydrogens is 283 g/mol. The summed E-state index contributed by atoms with van der Waals surface area (Å²) >= 11 is 0. The highest BCUT2D eigenvalue weighted by atomic mass is 31.1. The Labute approximate surface area is 132 Å². The number of aryl methyl sites for hydroxylation is 1. The first-order valence-electron chi connectivity index (χ1n) is 7.57. The van der Waals surface area contributed by atoms with Gasteiger partial charge in [0.05, 0.1) is 0 Å². The van der Waals surface area contributed by atoms with Gasteiger partial charge in [-0.2, -0.15) is 0 Å². The molecule has 0 saturated heterocycles. The van der Waals surface area contributed by atoms with Crippen molar-refractivity contribution in [3.8, 4) is 16.2 Å². The summed E-state index contributed by atoms with van der Waals surface area (Å²) in [7, 11) is -0.456. The third-order valence-corrected chi connectivity index (χ3v) is 6.92. The number of fused-ring (bicyclic) bond motifs is 1. The fraction of sp³-hybridized carbons (Fsp3) is 0.0476. The van der Waals surface area contributed by atoms with Crippen LogP contribution in [-0.2, 0) is 0 Å². The molecule has 4 rings (SSSR count). The van der Waals surface area contributed by atoms with Crippen LogP contribution >= 0.6 is 7.53 Å². The second-order valence-electron chi connectivity index (χ2n) is 5.53. The van der Waals surface area contributed by atoms with E-state index in [1.54, 1.807) is 0 Å². The van der Waals surface area contributed by atoms with E-state index in [2.05, 4.69) is 91.9 Å². The van der Waals surface area contributed by atoms with Crippen molar-refractivity contribution in [3.05, 3.63) is 90.5 Å². The summed E-state index contributed by atoms with van der Waals surface area (Å²) in [5, 5.41) is 5.83. The van der Waals surface area contributed by atoms with Gasteiger partial charge < -0.3 is 0 Å². The highest BCUT2D eigenvalue weighted by molar-refractivity contribution is 7.65. The van der Waals surface area contributed by atoms with Gasteiger partial charge in [-0.15, -0.1) is 0 Å². The zero-order chi connectivity index (χ0) is 14.9. The molecule has 0 spiro atoms. The summed E-state index contributed by atoms with van der Waals surface area (Å²) in [6.07, 6.45) is 0. The standard InChI is InChI=1S/C21H17P/c1-16-19-14-8-9-15-20(19)22(18-12-6-3-7-13-18)21(16)17-10-4-2-5-11-17/h2-15H,1H3. The molecule has 106 valence electrons. The molecule has 0 nitrogen and oxygen atoms in total. The highest BCUT2D eigenvalue weighted by Crippen LogP contribution is 2.57. The largest absolute Gasteiger partial charge is 0.0770 e. The predicted molar refractivity (Wildman–Crippen MR) is 98.2 cm³/mol. The van der Waals surface area contributed by atoms with Crippen LogP contribution in [0, 0.1) is 6.92 Å². The minimum Gasteiger partial charge on any atom is -0.0770 e. The van der Waals surface area contributed by atoms with E-state index in [1.807, 2.05) is 0 Å². The molecule has 22 heavy (non-hydrogen) atoms. The van der Waals surface area contributed by atoms with E-state index in [9.17, 15) is 0 Å². The van der Waals surface area contributed by atoms with Crippen LogP contribution in [0.3, 0.4) is 0 Å². The van der Waals surface area contributed by atoms with E-state index in [1.165, 1.54) is 32.2 Å². The summed E-state index contributed by atoms with van der Waals surface area (Å²) in [5.41, 5.74) is 2.78. The van der Waals surface area contributed by atoms with Gasteiger partial charge in [0.25, 0.3) is 0 Å². The first-order chi connectivity index (χ1) is 10.9. The number of benzene rings is 3. The maximum Gasteiger partial charge on any atom is 0.00975 e. The molecule has 1 atom stereocenters. The molecule has 1 heterocycles. The maximum atomic E-state index is 2.30. The van der Waals surface area contributed by atoms with Crippen molar-refractivity contribution < 1.29 is 0 Å². The molecule has 0 radical (unpaired) electrons. The number of hydrogen-bond acceptors (Lipinski definition) is 0. The second-order valence-corrected chi connectivity index (χ2v) is 7.64. The van der Waals surface area contributed by atoms with Crippen molar-refractivity contribution in [2.75, 3.05) is 0 Å². The Morgan fingerprint density at radius 3 is 1.95 bits per heavy atom. The van der Waals surface area contributed by atoms with E-state index < -0.39 is 7.53 Å². The van der Waals surface area contributed by atoms with Gasteiger partial charge in [-0.3, -0.25) is 0 Å². The first-order valence-corrected chi connectivity index (χ1v) is 8.91. The summed E-state index contributed by atoms with van der Waals surface area (Å²) in [6, 6.07) is 30.6. The topological polar surface area (TPSA) is 0 Å². The van der Waals surface area contributed by atoms with E-state index in [0.717, 1.165) is 0 Å². The quantitative estimate of drug-likeness (QED) is 0.382. The Kier molecular flexibility index (Phi) is 3.33. The average molecular weight is 300 g/mol. The van der Waals surface area contributed by atoms with Crippen molar-refractivity contribution in [2.45, 2.75) is 6.92 Å². The smallest absolute Gasteiger partial charge is 0.00975 e. The van der Waals surface area contributed by atoms with E-state index in [0.29, 0.717) is 0 Å². The fourth-order valence-electron chi connectivity index (χ4n) is 3.19. The molecule has 4 aromatic rings. The van der Waals surface area contributed by atoms with E-state index in [-0.39, 0.29) is 0 Å². The van der Waals surface area contributed by atoms with Crippen molar-refractivity contribution in [2.24, 2.45) is 0 Å². The molecular formula is C21H17P. The van der Waals surface area contributed by atoms with Crippen LogP contribution in [0.5, 0.6) is 0 Å². The zero-order valence-corrected chi connectivity index (χ0v) is 13.4. The van der Waals surface area contributed by atoms with Crippen LogP contribution in [0.15, 0.2) is 84.9 Å². The minimum absolute atomic E-state index is 0.456. The van der Waals surface area contributed by atoms with Gasteiger partial charge in [-0.25, -0.2) is 0 Å². The molecule has 0 saturated carbocycles. The zero-order valence-electron chi connectivity index (χ0n) is 12.5. The summed E-state index contributed by atoms with van der Waals surface area (Å²) in [5.74, 6) is 0. The third kappa shape index (κ3) is 2.08. The fourth-order valence-corrected chi connectivity index (χ4v) is 6.02. The SMILES string of the molecule is Cc1c(-c2ccccc2)p(-c2ccccc2)c2ccccc12. The van der Waals surface area contributed by atoms with Gasteiger partial charge in [-0.1, -0.05) is 92.5 Å². The normalized spacial score (nSPS) is 11.8. The third-order valence-electron chi connectivity index (χ3n) is 4.19. The Bertz CT molecular complexity index is 918. The summed E-state index contributed by atoms with van der Waals surface area (Å²) in [4.78, 5) is 0. The van der Waals surface area contributed by atoms with Gasteiger partial charge in [0.1, 0.15) is 0 Å². The highest BCUT2D eigenvalue weighted by Gasteiger charge is 2.17. The lowest BCUT2D eigenvalue weighted by atomic mass is 10.1. The first kappa shape index (κ1) is 13.4. The van der Waals surface area contributed by atoms with Crippen molar-refractivity contribution in [1.82, 2.24) is 0 Å². The van der Waals surface area contributed by atoms with Gasteiger partial charge in [-0.05, 0) is 28.7 Å². The van der Waals surface area contributed by atoms with Crippen LogP contribution < -0.4 is 0 Å². The van der Waals surface area contributed by atoms with Crippen molar-refractivity contribution in [3.63, 3.8) is 0 Å². The van der Waals surface area contributed by atoms with Crippen LogP contribution in [0.4, 0.5) is 0 Å². The molecule has 0 N–H and O–H groups in total. The van der Waals surface area contributed by atoms with Crippen LogP contribution in [-0.4, -0.2) is 0 Å². The Hall–Kier alpha value is -2.30. The average Bonchev–Trinajstić information content (AvgIpc) is 2.90. The van der Waals surface area contributed by atoms with Gasteiger partial charge >= 0.3 is 0 Å². The molecule has 0 aliphatic carbocycles. The Balaban J connectivity index is 2.14. The molecule has 0 aliphatic heterocycles. The molecule has 1 unspecified atom stereocenters. The van der Waals surface area contributed by atoms with E-state index >= 15 is 0 Å². The number of hydrogen-bond donors (Lipinski definition) is 0. The summed E-state index contributed by atoms with van der Waals surface area (Å²) < 4.78 is 0. The molecule has 1 aromatic heterocycles.